The Morgan fingerprint density at radius 3 is 2.34 bits per heavy atom. The van der Waals surface area contributed by atoms with Crippen LogP contribution in [0.4, 0.5) is 10.8 Å². The molecule has 1 aliphatic heterocycles. The zero-order valence-corrected chi connectivity index (χ0v) is 17.9. The second kappa shape index (κ2) is 8.52. The Bertz CT molecular complexity index is 1030. The molecule has 2 heterocycles. The van der Waals surface area contributed by atoms with Crippen molar-refractivity contribution in [1.82, 2.24) is 9.88 Å². The normalized spacial score (nSPS) is 16.5. The van der Waals surface area contributed by atoms with E-state index in [4.69, 9.17) is 0 Å². The first kappa shape index (κ1) is 19.9. The van der Waals surface area contributed by atoms with E-state index < -0.39 is 10.0 Å². The fourth-order valence-corrected chi connectivity index (χ4v) is 5.38. The molecule has 0 radical (unpaired) electrons. The molecule has 0 amide bonds. The topological polar surface area (TPSA) is 65.5 Å². The third-order valence-electron chi connectivity index (χ3n) is 5.31. The second-order valence-corrected chi connectivity index (χ2v) is 9.62. The van der Waals surface area contributed by atoms with Crippen molar-refractivity contribution in [3.8, 4) is 0 Å². The first-order valence-electron chi connectivity index (χ1n) is 9.59. The minimum atomic E-state index is -3.61. The van der Waals surface area contributed by atoms with Gasteiger partial charge in [0.05, 0.1) is 4.90 Å². The Balaban J connectivity index is 0.00000171. The molecule has 0 spiro atoms. The third kappa shape index (κ3) is 4.60. The Morgan fingerprint density at radius 2 is 1.72 bits per heavy atom. The lowest BCUT2D eigenvalue weighted by Gasteiger charge is -2.39. The average Bonchev–Trinajstić information content (AvgIpc) is 3.26. The molecule has 0 bridgehead atoms. The maximum Gasteiger partial charge on any atom is 0.263 e. The molecule has 0 saturated carbocycles. The third-order valence-corrected chi connectivity index (χ3v) is 7.48. The van der Waals surface area contributed by atoms with Crippen molar-refractivity contribution < 1.29 is 11.3 Å². The second-order valence-electron chi connectivity index (χ2n) is 7.05. The van der Waals surface area contributed by atoms with Crippen LogP contribution in [0.3, 0.4) is 0 Å². The van der Waals surface area contributed by atoms with Gasteiger partial charge in [0.2, 0.25) is 0 Å². The zero-order chi connectivity index (χ0) is 20.3. The van der Waals surface area contributed by atoms with Gasteiger partial charge in [-0.05, 0) is 36.8 Å². The van der Waals surface area contributed by atoms with Crippen molar-refractivity contribution in [3.63, 3.8) is 0 Å². The van der Waals surface area contributed by atoms with Gasteiger partial charge < -0.3 is 4.90 Å². The Morgan fingerprint density at radius 1 is 1.03 bits per heavy atom. The largest absolute Gasteiger partial charge is 0.369 e. The molecular formula is C21H28N4O2S2. The number of rotatable bonds is 6. The van der Waals surface area contributed by atoms with Crippen LogP contribution < -0.4 is 9.62 Å². The fourth-order valence-electron chi connectivity index (χ4n) is 3.59. The summed E-state index contributed by atoms with van der Waals surface area (Å²) in [5, 5.41) is 2.11. The lowest BCUT2D eigenvalue weighted by atomic mass is 10.1. The van der Waals surface area contributed by atoms with Crippen molar-refractivity contribution in [2.45, 2.75) is 17.9 Å². The van der Waals surface area contributed by atoms with Gasteiger partial charge in [0.25, 0.3) is 10.0 Å². The van der Waals surface area contributed by atoms with Gasteiger partial charge >= 0.3 is 0 Å². The summed E-state index contributed by atoms with van der Waals surface area (Å²) < 4.78 is 27.5. The molecule has 156 valence electrons. The summed E-state index contributed by atoms with van der Waals surface area (Å²) in [7, 11) is -3.61. The van der Waals surface area contributed by atoms with Crippen LogP contribution in [0, 0.1) is 0 Å². The van der Waals surface area contributed by atoms with E-state index in [1.807, 2.05) is 18.2 Å². The number of thiazole rings is 1. The SMILES string of the molecule is C[C@@H](c1ccccc1)N1CCN(c2ccc(S(=O)(=O)Nc3nccs3)cc2)CC1.[HH].[HH]. The van der Waals surface area contributed by atoms with Crippen molar-refractivity contribution >= 4 is 32.2 Å². The van der Waals surface area contributed by atoms with Crippen molar-refractivity contribution in [2.75, 3.05) is 35.8 Å². The van der Waals surface area contributed by atoms with E-state index in [1.165, 1.54) is 16.9 Å². The molecule has 4 rings (SSSR count). The molecule has 2 aromatic carbocycles. The van der Waals surface area contributed by atoms with Gasteiger partial charge in [-0.3, -0.25) is 9.62 Å². The van der Waals surface area contributed by atoms with E-state index in [2.05, 4.69) is 50.7 Å². The van der Waals surface area contributed by atoms with Gasteiger partial charge in [0, 0.05) is 52.3 Å². The summed E-state index contributed by atoms with van der Waals surface area (Å²) in [5.74, 6) is 0. The average molecular weight is 433 g/mol. The van der Waals surface area contributed by atoms with Crippen LogP contribution in [0.15, 0.2) is 71.1 Å². The fraction of sp³-hybridized carbons (Fsp3) is 0.286. The summed E-state index contributed by atoms with van der Waals surface area (Å²) >= 11 is 1.26. The number of piperazine rings is 1. The molecule has 6 nitrogen and oxygen atoms in total. The van der Waals surface area contributed by atoms with Crippen LogP contribution in [-0.4, -0.2) is 44.5 Å². The van der Waals surface area contributed by atoms with Crippen molar-refractivity contribution in [1.29, 1.82) is 0 Å². The highest BCUT2D eigenvalue weighted by molar-refractivity contribution is 7.93. The van der Waals surface area contributed by atoms with Crippen LogP contribution in [0.1, 0.15) is 21.4 Å². The van der Waals surface area contributed by atoms with Crippen molar-refractivity contribution in [3.05, 3.63) is 71.7 Å². The van der Waals surface area contributed by atoms with Gasteiger partial charge in [0.1, 0.15) is 0 Å². The lowest BCUT2D eigenvalue weighted by molar-refractivity contribution is 0.198. The van der Waals surface area contributed by atoms with E-state index >= 15 is 0 Å². The minimum absolute atomic E-state index is 0. The minimum Gasteiger partial charge on any atom is -0.369 e. The monoisotopic (exact) mass is 432 g/mol. The summed E-state index contributed by atoms with van der Waals surface area (Å²) in [6.45, 7) is 6.03. The number of sulfonamides is 1. The number of hydrogen-bond donors (Lipinski definition) is 1. The molecule has 0 aliphatic carbocycles. The molecule has 0 unspecified atom stereocenters. The molecule has 8 heteroatoms. The van der Waals surface area contributed by atoms with Gasteiger partial charge in [-0.1, -0.05) is 30.3 Å². The highest BCUT2D eigenvalue weighted by Crippen LogP contribution is 2.25. The predicted octanol–water partition coefficient (Wildman–Crippen LogP) is 4.32. The Hall–Kier alpha value is -2.42. The molecule has 1 N–H and O–H groups in total. The number of aromatic nitrogens is 1. The maximum atomic E-state index is 12.5. The van der Waals surface area contributed by atoms with E-state index in [9.17, 15) is 8.42 Å². The Kier molecular flexibility index (Phi) is 5.84. The van der Waals surface area contributed by atoms with E-state index in [0.717, 1.165) is 31.9 Å². The summed E-state index contributed by atoms with van der Waals surface area (Å²) in [4.78, 5) is 9.01. The quantitative estimate of drug-likeness (QED) is 0.628. The molecule has 1 fully saturated rings. The van der Waals surface area contributed by atoms with Crippen LogP contribution >= 0.6 is 11.3 Å². The summed E-state index contributed by atoms with van der Waals surface area (Å²) in [5.41, 5.74) is 2.38. The van der Waals surface area contributed by atoms with Crippen LogP contribution in [0.2, 0.25) is 0 Å². The van der Waals surface area contributed by atoms with E-state index in [1.54, 1.807) is 23.7 Å². The molecule has 1 atom stereocenters. The first-order valence-corrected chi connectivity index (χ1v) is 12.0. The van der Waals surface area contributed by atoms with Crippen molar-refractivity contribution in [2.24, 2.45) is 0 Å². The highest BCUT2D eigenvalue weighted by atomic mass is 32.2. The number of hydrogen-bond acceptors (Lipinski definition) is 6. The summed E-state index contributed by atoms with van der Waals surface area (Å²) in [6.07, 6.45) is 1.57. The molecule has 1 aromatic heterocycles. The number of benzene rings is 2. The lowest BCUT2D eigenvalue weighted by Crippen LogP contribution is -2.47. The number of anilines is 2. The van der Waals surface area contributed by atoms with Gasteiger partial charge in [-0.2, -0.15) is 0 Å². The maximum absolute atomic E-state index is 12.5. The van der Waals surface area contributed by atoms with Gasteiger partial charge in [-0.15, -0.1) is 11.3 Å². The molecule has 3 aromatic rings. The van der Waals surface area contributed by atoms with E-state index in [-0.39, 0.29) is 7.75 Å². The van der Waals surface area contributed by atoms with Crippen LogP contribution in [-0.2, 0) is 10.0 Å². The molecule has 1 saturated heterocycles. The highest BCUT2D eigenvalue weighted by Gasteiger charge is 2.23. The number of nitrogens with one attached hydrogen (secondary N) is 1. The Labute approximate surface area is 178 Å². The molecule has 29 heavy (non-hydrogen) atoms. The van der Waals surface area contributed by atoms with E-state index in [0.29, 0.717) is 11.2 Å². The molecule has 1 aliphatic rings. The van der Waals surface area contributed by atoms with Crippen LogP contribution in [0.25, 0.3) is 0 Å². The standard InChI is InChI=1S/C21H24N4O2S2.2H2/c1-17(18-5-3-2-4-6-18)24-12-14-25(15-13-24)19-7-9-20(10-8-19)29(26,27)23-21-22-11-16-28-21;;/h2-11,16-17H,12-15H2,1H3,(H,22,23);2*1H/t17-;;/m0../s1. The van der Waals surface area contributed by atoms with Gasteiger partial charge in [0.15, 0.2) is 5.13 Å². The number of nitrogens with zero attached hydrogens (tertiary/aromatic N) is 3. The summed E-state index contributed by atoms with van der Waals surface area (Å²) in [6, 6.07) is 18.0. The van der Waals surface area contributed by atoms with Crippen LogP contribution in [0.5, 0.6) is 0 Å². The molecular weight excluding hydrogens is 404 g/mol. The van der Waals surface area contributed by atoms with Gasteiger partial charge in [-0.25, -0.2) is 13.4 Å². The zero-order valence-electron chi connectivity index (χ0n) is 16.2. The smallest absolute Gasteiger partial charge is 0.263 e. The predicted molar refractivity (Wildman–Crippen MR) is 122 cm³/mol. The first-order chi connectivity index (χ1) is 14.0.